The van der Waals surface area contributed by atoms with E-state index >= 15 is 0 Å². The van der Waals surface area contributed by atoms with Gasteiger partial charge in [-0.3, -0.25) is 9.80 Å². The molecule has 2 aromatic carbocycles. The Kier molecular flexibility index (Phi) is 10.3. The molecule has 31 heavy (non-hydrogen) atoms. The molecule has 1 heterocycles. The summed E-state index contributed by atoms with van der Waals surface area (Å²) in [4.78, 5) is 24.6. The van der Waals surface area contributed by atoms with E-state index in [0.29, 0.717) is 0 Å². The minimum atomic E-state index is -1.82. The summed E-state index contributed by atoms with van der Waals surface area (Å²) in [5.74, 6) is -2.68. The molecule has 1 fully saturated rings. The van der Waals surface area contributed by atoms with Gasteiger partial charge in [-0.15, -0.1) is 11.8 Å². The Balaban J connectivity index is 0.000000501. The van der Waals surface area contributed by atoms with Crippen molar-refractivity contribution in [2.75, 3.05) is 39.5 Å². The number of halogens is 1. The van der Waals surface area contributed by atoms with Gasteiger partial charge in [-0.2, -0.15) is 0 Å². The number of piperazine rings is 1. The summed E-state index contributed by atoms with van der Waals surface area (Å²) >= 11 is 5.36. The molecule has 9 heteroatoms. The van der Waals surface area contributed by atoms with Gasteiger partial charge in [-0.05, 0) is 42.2 Å². The molecular formula is C22H27BrN2O5S. The van der Waals surface area contributed by atoms with E-state index in [2.05, 4.69) is 62.3 Å². The number of hydrogen-bond acceptors (Lipinski definition) is 6. The van der Waals surface area contributed by atoms with Crippen LogP contribution in [0.25, 0.3) is 0 Å². The number of ether oxygens (including phenoxy) is 1. The van der Waals surface area contributed by atoms with Gasteiger partial charge >= 0.3 is 11.9 Å². The first-order valence-electron chi connectivity index (χ1n) is 9.68. The van der Waals surface area contributed by atoms with Crippen molar-refractivity contribution in [2.24, 2.45) is 0 Å². The predicted molar refractivity (Wildman–Crippen MR) is 125 cm³/mol. The van der Waals surface area contributed by atoms with Crippen molar-refractivity contribution < 1.29 is 24.5 Å². The fourth-order valence-electron chi connectivity index (χ4n) is 3.21. The van der Waals surface area contributed by atoms with Crippen molar-refractivity contribution in [3.8, 4) is 5.75 Å². The van der Waals surface area contributed by atoms with Crippen LogP contribution in [0, 0.1) is 0 Å². The van der Waals surface area contributed by atoms with Crippen LogP contribution in [0.15, 0.2) is 51.8 Å². The van der Waals surface area contributed by atoms with Gasteiger partial charge in [-0.25, -0.2) is 9.59 Å². The highest BCUT2D eigenvalue weighted by Gasteiger charge is 2.18. The molecule has 2 N–H and O–H groups in total. The molecule has 0 aliphatic carbocycles. The molecule has 168 valence electrons. The van der Waals surface area contributed by atoms with Crippen LogP contribution >= 0.6 is 27.7 Å². The van der Waals surface area contributed by atoms with Crippen molar-refractivity contribution >= 4 is 39.6 Å². The van der Waals surface area contributed by atoms with E-state index in [1.165, 1.54) is 16.0 Å². The van der Waals surface area contributed by atoms with Crippen molar-refractivity contribution in [3.63, 3.8) is 0 Å². The summed E-state index contributed by atoms with van der Waals surface area (Å²) in [7, 11) is 1.74. The predicted octanol–water partition coefficient (Wildman–Crippen LogP) is 3.65. The summed E-state index contributed by atoms with van der Waals surface area (Å²) in [5, 5.41) is 14.8. The Hall–Kier alpha value is -2.07. The number of carboxylic acids is 2. The van der Waals surface area contributed by atoms with E-state index < -0.39 is 11.9 Å². The maximum absolute atomic E-state index is 9.10. The average Bonchev–Trinajstić information content (AvgIpc) is 2.76. The topological polar surface area (TPSA) is 90.3 Å². The van der Waals surface area contributed by atoms with Crippen molar-refractivity contribution in [1.29, 1.82) is 0 Å². The molecule has 1 saturated heterocycles. The largest absolute Gasteiger partial charge is 0.496 e. The van der Waals surface area contributed by atoms with Crippen LogP contribution in [0.3, 0.4) is 0 Å². The monoisotopic (exact) mass is 510 g/mol. The lowest BCUT2D eigenvalue weighted by Gasteiger charge is -2.35. The summed E-state index contributed by atoms with van der Waals surface area (Å²) < 4.78 is 6.61. The van der Waals surface area contributed by atoms with Crippen LogP contribution in [0.5, 0.6) is 5.75 Å². The second kappa shape index (κ2) is 12.7. The quantitative estimate of drug-likeness (QED) is 0.449. The van der Waals surface area contributed by atoms with Gasteiger partial charge in [0, 0.05) is 54.2 Å². The van der Waals surface area contributed by atoms with Gasteiger partial charge < -0.3 is 14.9 Å². The minimum absolute atomic E-state index is 0.943. The van der Waals surface area contributed by atoms with Gasteiger partial charge in [0.2, 0.25) is 0 Å². The molecule has 3 rings (SSSR count). The van der Waals surface area contributed by atoms with Crippen molar-refractivity contribution in [2.45, 2.75) is 18.0 Å². The second-order valence-corrected chi connectivity index (χ2v) is 8.76. The lowest BCUT2D eigenvalue weighted by Crippen LogP contribution is -2.45. The van der Waals surface area contributed by atoms with Crippen molar-refractivity contribution in [1.82, 2.24) is 9.80 Å². The SMILES string of the molecule is COc1ccc(Br)cc1CN1CCN(Cc2ccc(SC)cc2)CC1.O=C(O)C(=O)O. The molecule has 0 atom stereocenters. The number of carboxylic acid groups (broad SMARTS) is 2. The summed E-state index contributed by atoms with van der Waals surface area (Å²) in [6.07, 6.45) is 2.12. The Morgan fingerprint density at radius 1 is 0.968 bits per heavy atom. The zero-order valence-corrected chi connectivity index (χ0v) is 20.0. The third kappa shape index (κ3) is 8.53. The number of nitrogens with zero attached hydrogens (tertiary/aromatic N) is 2. The Morgan fingerprint density at radius 2 is 1.52 bits per heavy atom. The Labute approximate surface area is 195 Å². The van der Waals surface area contributed by atoms with Crippen LogP contribution in [0.1, 0.15) is 11.1 Å². The van der Waals surface area contributed by atoms with Gasteiger partial charge in [-0.1, -0.05) is 28.1 Å². The van der Waals surface area contributed by atoms with E-state index in [1.54, 1.807) is 18.9 Å². The van der Waals surface area contributed by atoms with Crippen LogP contribution in [-0.4, -0.2) is 71.5 Å². The van der Waals surface area contributed by atoms with E-state index in [9.17, 15) is 0 Å². The molecule has 0 saturated carbocycles. The third-order valence-electron chi connectivity index (χ3n) is 4.85. The molecule has 0 radical (unpaired) electrons. The fraction of sp³-hybridized carbons (Fsp3) is 0.364. The smallest absolute Gasteiger partial charge is 0.414 e. The Morgan fingerprint density at radius 3 is 2.00 bits per heavy atom. The molecule has 0 aromatic heterocycles. The van der Waals surface area contributed by atoms with Crippen LogP contribution in [0.2, 0.25) is 0 Å². The molecule has 7 nitrogen and oxygen atoms in total. The maximum Gasteiger partial charge on any atom is 0.414 e. The Bertz CT molecular complexity index is 859. The number of methoxy groups -OCH3 is 1. The highest BCUT2D eigenvalue weighted by atomic mass is 79.9. The standard InChI is InChI=1S/C20H25BrN2OS.C2H2O4/c1-24-20-8-5-18(21)13-17(20)15-23-11-9-22(10-12-23)14-16-3-6-19(25-2)7-4-16;3-1(4)2(5)6/h3-8,13H,9-12,14-15H2,1-2H3;(H,3,4)(H,5,6). The lowest BCUT2D eigenvalue weighted by atomic mass is 10.1. The normalized spacial score (nSPS) is 14.4. The number of benzene rings is 2. The molecule has 0 bridgehead atoms. The maximum atomic E-state index is 9.10. The second-order valence-electron chi connectivity index (χ2n) is 6.97. The van der Waals surface area contributed by atoms with Crippen LogP contribution < -0.4 is 4.74 Å². The number of thioether (sulfide) groups is 1. The summed E-state index contributed by atoms with van der Waals surface area (Å²) in [5.41, 5.74) is 2.65. The summed E-state index contributed by atoms with van der Waals surface area (Å²) in [6.45, 7) is 6.40. The van der Waals surface area contributed by atoms with Gasteiger partial charge in [0.1, 0.15) is 5.75 Å². The number of rotatable bonds is 6. The molecule has 2 aromatic rings. The minimum Gasteiger partial charge on any atom is -0.496 e. The van der Waals surface area contributed by atoms with Crippen LogP contribution in [0.4, 0.5) is 0 Å². The molecular weight excluding hydrogens is 484 g/mol. The molecule has 0 unspecified atom stereocenters. The van der Waals surface area contributed by atoms with E-state index in [1.807, 2.05) is 12.1 Å². The molecule has 1 aliphatic rings. The highest BCUT2D eigenvalue weighted by Crippen LogP contribution is 2.25. The van der Waals surface area contributed by atoms with Gasteiger partial charge in [0.05, 0.1) is 7.11 Å². The van der Waals surface area contributed by atoms with Crippen molar-refractivity contribution in [3.05, 3.63) is 58.1 Å². The number of aliphatic carboxylic acids is 2. The zero-order chi connectivity index (χ0) is 22.8. The molecule has 0 amide bonds. The third-order valence-corrected chi connectivity index (χ3v) is 6.09. The van der Waals surface area contributed by atoms with E-state index in [-0.39, 0.29) is 0 Å². The summed E-state index contributed by atoms with van der Waals surface area (Å²) in [6, 6.07) is 15.2. The van der Waals surface area contributed by atoms with Gasteiger partial charge in [0.15, 0.2) is 0 Å². The van der Waals surface area contributed by atoms with Gasteiger partial charge in [0.25, 0.3) is 0 Å². The highest BCUT2D eigenvalue weighted by molar-refractivity contribution is 9.10. The van der Waals surface area contributed by atoms with E-state index in [0.717, 1.165) is 49.5 Å². The van der Waals surface area contributed by atoms with Crippen LogP contribution in [-0.2, 0) is 22.7 Å². The fourth-order valence-corrected chi connectivity index (χ4v) is 4.02. The zero-order valence-electron chi connectivity index (χ0n) is 17.6. The molecule has 1 aliphatic heterocycles. The number of carbonyl (C=O) groups is 2. The average molecular weight is 511 g/mol. The number of hydrogen-bond donors (Lipinski definition) is 2. The first-order valence-corrected chi connectivity index (χ1v) is 11.7. The lowest BCUT2D eigenvalue weighted by molar-refractivity contribution is -0.159. The molecule has 0 spiro atoms. The van der Waals surface area contributed by atoms with E-state index in [4.69, 9.17) is 24.5 Å². The first kappa shape index (κ1) is 25.2. The first-order chi connectivity index (χ1) is 14.8.